The number of hydrogen-bond donors (Lipinski definition) is 0. The molecule has 0 spiro atoms. The zero-order chi connectivity index (χ0) is 13.8. The van der Waals surface area contributed by atoms with Crippen LogP contribution < -0.4 is 4.90 Å². The fourth-order valence-electron chi connectivity index (χ4n) is 1.38. The molecule has 1 heterocycles. The van der Waals surface area contributed by atoms with Crippen molar-refractivity contribution in [3.8, 4) is 0 Å². The van der Waals surface area contributed by atoms with Gasteiger partial charge < -0.3 is 9.64 Å². The Balaban J connectivity index is 2.98. The van der Waals surface area contributed by atoms with E-state index in [4.69, 9.17) is 16.3 Å². The van der Waals surface area contributed by atoms with Gasteiger partial charge in [0.1, 0.15) is 24.1 Å². The fraction of sp³-hybridized carbons (Fsp3) is 0.600. The van der Waals surface area contributed by atoms with E-state index in [1.807, 2.05) is 0 Å². The number of alkyl halides is 3. The number of hydrogen-bond acceptors (Lipinski definition) is 4. The molecule has 1 aromatic rings. The maximum atomic E-state index is 12.4. The second-order valence-corrected chi connectivity index (χ2v) is 3.91. The topological polar surface area (TPSA) is 38.2 Å². The van der Waals surface area contributed by atoms with Crippen LogP contribution in [0.2, 0.25) is 5.15 Å². The van der Waals surface area contributed by atoms with Gasteiger partial charge in [0.05, 0.1) is 0 Å². The van der Waals surface area contributed by atoms with Gasteiger partial charge in [0.2, 0.25) is 0 Å². The van der Waals surface area contributed by atoms with Crippen LogP contribution in [0.3, 0.4) is 0 Å². The lowest BCUT2D eigenvalue weighted by atomic mass is 10.4. The Labute approximate surface area is 108 Å². The lowest BCUT2D eigenvalue weighted by Crippen LogP contribution is -2.34. The highest BCUT2D eigenvalue weighted by Gasteiger charge is 2.31. The van der Waals surface area contributed by atoms with E-state index in [1.54, 1.807) is 6.92 Å². The molecular weight excluding hydrogens is 271 g/mol. The summed E-state index contributed by atoms with van der Waals surface area (Å²) >= 11 is 5.74. The van der Waals surface area contributed by atoms with Crippen LogP contribution in [0, 0.1) is 0 Å². The highest BCUT2D eigenvalue weighted by molar-refractivity contribution is 6.29. The zero-order valence-electron chi connectivity index (χ0n) is 9.96. The summed E-state index contributed by atoms with van der Waals surface area (Å²) in [6.45, 7) is 0.789. The van der Waals surface area contributed by atoms with Gasteiger partial charge in [-0.3, -0.25) is 0 Å². The molecule has 0 saturated carbocycles. The average molecular weight is 284 g/mol. The van der Waals surface area contributed by atoms with Crippen LogP contribution >= 0.6 is 11.6 Å². The Bertz CT molecular complexity index is 400. The maximum absolute atomic E-state index is 12.4. The van der Waals surface area contributed by atoms with E-state index in [-0.39, 0.29) is 29.9 Å². The number of aromatic nitrogens is 2. The van der Waals surface area contributed by atoms with E-state index >= 15 is 0 Å². The minimum atomic E-state index is -4.30. The predicted octanol–water partition coefficient (Wildman–Crippen LogP) is 2.67. The molecule has 0 N–H and O–H groups in total. The van der Waals surface area contributed by atoms with Crippen LogP contribution in [0.4, 0.5) is 19.0 Å². The third-order valence-electron chi connectivity index (χ3n) is 2.08. The van der Waals surface area contributed by atoms with Gasteiger partial charge in [-0.05, 0) is 6.92 Å². The minimum Gasteiger partial charge on any atom is -0.377 e. The lowest BCUT2D eigenvalue weighted by molar-refractivity contribution is -0.119. The van der Waals surface area contributed by atoms with Crippen LogP contribution in [-0.2, 0) is 11.3 Å². The summed E-state index contributed by atoms with van der Waals surface area (Å²) in [5, 5.41) is 0.0904. The van der Waals surface area contributed by atoms with Crippen molar-refractivity contribution in [2.24, 2.45) is 0 Å². The van der Waals surface area contributed by atoms with Crippen molar-refractivity contribution in [2.75, 3.05) is 25.1 Å². The number of halogens is 4. The third kappa shape index (κ3) is 4.66. The van der Waals surface area contributed by atoms with Crippen molar-refractivity contribution in [1.29, 1.82) is 0 Å². The van der Waals surface area contributed by atoms with Crippen LogP contribution in [-0.4, -0.2) is 36.3 Å². The Morgan fingerprint density at radius 1 is 1.39 bits per heavy atom. The predicted molar refractivity (Wildman–Crippen MR) is 61.7 cm³/mol. The molecule has 0 aromatic carbocycles. The lowest BCUT2D eigenvalue weighted by Gasteiger charge is -2.23. The highest BCUT2D eigenvalue weighted by Crippen LogP contribution is 2.22. The normalized spacial score (nSPS) is 11.7. The van der Waals surface area contributed by atoms with E-state index in [0.29, 0.717) is 0 Å². The molecule has 0 aliphatic carbocycles. The van der Waals surface area contributed by atoms with E-state index in [9.17, 15) is 13.2 Å². The van der Waals surface area contributed by atoms with Gasteiger partial charge >= 0.3 is 6.18 Å². The molecular formula is C10H13ClF3N3O. The molecule has 0 saturated heterocycles. The SMILES string of the molecule is CCN(CC(F)(F)F)c1cc(Cl)nc(COC)n1. The zero-order valence-corrected chi connectivity index (χ0v) is 10.7. The monoisotopic (exact) mass is 283 g/mol. The highest BCUT2D eigenvalue weighted by atomic mass is 35.5. The first-order chi connectivity index (χ1) is 8.35. The van der Waals surface area contributed by atoms with Crippen molar-refractivity contribution in [2.45, 2.75) is 19.7 Å². The van der Waals surface area contributed by atoms with E-state index in [2.05, 4.69) is 9.97 Å². The summed E-state index contributed by atoms with van der Waals surface area (Å²) in [6.07, 6.45) is -4.30. The van der Waals surface area contributed by atoms with Crippen LogP contribution in [0.15, 0.2) is 6.07 Å². The van der Waals surface area contributed by atoms with E-state index < -0.39 is 12.7 Å². The first-order valence-corrected chi connectivity index (χ1v) is 5.57. The molecule has 4 nitrogen and oxygen atoms in total. The van der Waals surface area contributed by atoms with Gasteiger partial charge in [-0.25, -0.2) is 9.97 Å². The third-order valence-corrected chi connectivity index (χ3v) is 2.27. The van der Waals surface area contributed by atoms with Gasteiger partial charge in [0.15, 0.2) is 5.82 Å². The number of ether oxygens (including phenoxy) is 1. The van der Waals surface area contributed by atoms with Crippen molar-refractivity contribution in [3.05, 3.63) is 17.0 Å². The van der Waals surface area contributed by atoms with E-state index in [0.717, 1.165) is 4.90 Å². The van der Waals surface area contributed by atoms with Gasteiger partial charge in [0.25, 0.3) is 0 Å². The quantitative estimate of drug-likeness (QED) is 0.779. The Kier molecular flexibility index (Phi) is 5.15. The molecule has 102 valence electrons. The molecule has 0 aliphatic heterocycles. The summed E-state index contributed by atoms with van der Waals surface area (Å²) in [6, 6.07) is 1.30. The molecule has 0 radical (unpaired) electrons. The summed E-state index contributed by atoms with van der Waals surface area (Å²) in [7, 11) is 1.44. The van der Waals surface area contributed by atoms with Crippen molar-refractivity contribution in [1.82, 2.24) is 9.97 Å². The second-order valence-electron chi connectivity index (χ2n) is 3.53. The largest absolute Gasteiger partial charge is 0.405 e. The van der Waals surface area contributed by atoms with Gasteiger partial charge in [0, 0.05) is 19.7 Å². The minimum absolute atomic E-state index is 0.0904. The smallest absolute Gasteiger partial charge is 0.377 e. The Morgan fingerprint density at radius 3 is 2.56 bits per heavy atom. The van der Waals surface area contributed by atoms with Crippen molar-refractivity contribution >= 4 is 17.4 Å². The molecule has 8 heteroatoms. The first-order valence-electron chi connectivity index (χ1n) is 5.19. The summed E-state index contributed by atoms with van der Waals surface area (Å²) in [5.41, 5.74) is 0. The molecule has 0 aliphatic rings. The van der Waals surface area contributed by atoms with Crippen LogP contribution in [0.25, 0.3) is 0 Å². The number of rotatable bonds is 5. The van der Waals surface area contributed by atoms with Crippen LogP contribution in [0.1, 0.15) is 12.7 Å². The molecule has 0 atom stereocenters. The van der Waals surface area contributed by atoms with Crippen molar-refractivity contribution in [3.63, 3.8) is 0 Å². The fourth-order valence-corrected chi connectivity index (χ4v) is 1.57. The summed E-state index contributed by atoms with van der Waals surface area (Å²) in [5.74, 6) is 0.391. The van der Waals surface area contributed by atoms with Crippen LogP contribution in [0.5, 0.6) is 0 Å². The molecule has 0 fully saturated rings. The molecule has 0 unspecified atom stereocenters. The molecule has 0 amide bonds. The molecule has 1 rings (SSSR count). The Morgan fingerprint density at radius 2 is 2.06 bits per heavy atom. The Hall–Kier alpha value is -1.08. The van der Waals surface area contributed by atoms with Gasteiger partial charge in [-0.15, -0.1) is 0 Å². The number of nitrogens with zero attached hydrogens (tertiary/aromatic N) is 3. The summed E-state index contributed by atoms with van der Waals surface area (Å²) in [4.78, 5) is 8.92. The van der Waals surface area contributed by atoms with Gasteiger partial charge in [-0.2, -0.15) is 13.2 Å². The molecule has 18 heavy (non-hydrogen) atoms. The van der Waals surface area contributed by atoms with Gasteiger partial charge in [-0.1, -0.05) is 11.6 Å². The molecule has 1 aromatic heterocycles. The average Bonchev–Trinajstić information content (AvgIpc) is 2.24. The van der Waals surface area contributed by atoms with E-state index in [1.165, 1.54) is 13.2 Å². The first kappa shape index (κ1) is 15.0. The molecule has 0 bridgehead atoms. The summed E-state index contributed by atoms with van der Waals surface area (Å²) < 4.78 is 42.0. The maximum Gasteiger partial charge on any atom is 0.405 e. The second kappa shape index (κ2) is 6.19. The van der Waals surface area contributed by atoms with Crippen molar-refractivity contribution < 1.29 is 17.9 Å². The standard InChI is InChI=1S/C10H13ClF3N3O/c1-3-17(6-10(12,13)14)9-4-7(11)15-8(16-9)5-18-2/h4H,3,5-6H2,1-2H3. The number of anilines is 1. The number of methoxy groups -OCH3 is 1.